The van der Waals surface area contributed by atoms with Crippen molar-refractivity contribution in [2.45, 2.75) is 127 Å². The first-order valence-corrected chi connectivity index (χ1v) is 25.0. The minimum atomic E-state index is -1.94. The predicted molar refractivity (Wildman–Crippen MR) is 277 cm³/mol. The van der Waals surface area contributed by atoms with Crippen LogP contribution in [-0.4, -0.2) is 182 Å². The van der Waals surface area contributed by atoms with Gasteiger partial charge in [0.05, 0.1) is 32.8 Å². The predicted octanol–water partition coefficient (Wildman–Crippen LogP) is -5.61. The van der Waals surface area contributed by atoms with Gasteiger partial charge < -0.3 is 90.0 Å². The van der Waals surface area contributed by atoms with Gasteiger partial charge in [-0.1, -0.05) is 70.2 Å². The molecule has 9 unspecified atom stereocenters. The molecule has 0 spiro atoms. The third-order valence-corrected chi connectivity index (χ3v) is 11.5. The molecule has 79 heavy (non-hydrogen) atoms. The largest absolute Gasteiger partial charge is 0.508 e. The highest BCUT2D eigenvalue weighted by Gasteiger charge is 2.35. The maximum absolute atomic E-state index is 14.2. The number of rotatable bonds is 35. The summed E-state index contributed by atoms with van der Waals surface area (Å²) in [6, 6.07) is -1.12. The average Bonchev–Trinajstić information content (AvgIpc) is 3.39. The average molecular weight is 1120 g/mol. The van der Waals surface area contributed by atoms with E-state index in [4.69, 9.17) is 11.5 Å². The zero-order chi connectivity index (χ0) is 59.5. The van der Waals surface area contributed by atoms with E-state index in [1.54, 1.807) is 58.0 Å². The summed E-state index contributed by atoms with van der Waals surface area (Å²) in [5.74, 6) is -14.2. The molecular formula is C50H73N11O18. The maximum Gasteiger partial charge on any atom is 0.326 e. The number of aliphatic hydroxyl groups is 3. The minimum absolute atomic E-state index is 0.0392. The van der Waals surface area contributed by atoms with Crippen molar-refractivity contribution >= 4 is 71.0 Å². The number of amides is 10. The van der Waals surface area contributed by atoms with E-state index in [0.29, 0.717) is 5.56 Å². The summed E-state index contributed by atoms with van der Waals surface area (Å²) in [7, 11) is 0. The van der Waals surface area contributed by atoms with Gasteiger partial charge in [0.25, 0.3) is 0 Å². The van der Waals surface area contributed by atoms with Gasteiger partial charge in [0.2, 0.25) is 59.1 Å². The fraction of sp³-hybridized carbons (Fsp3) is 0.520. The van der Waals surface area contributed by atoms with E-state index in [1.807, 2.05) is 0 Å². The van der Waals surface area contributed by atoms with E-state index < -0.39 is 177 Å². The quantitative estimate of drug-likeness (QED) is 0.0306. The van der Waals surface area contributed by atoms with Crippen LogP contribution in [0.15, 0.2) is 54.6 Å². The van der Waals surface area contributed by atoms with Crippen LogP contribution in [-0.2, 0) is 70.4 Å². The third-order valence-electron chi connectivity index (χ3n) is 11.5. The van der Waals surface area contributed by atoms with Crippen LogP contribution in [0.5, 0.6) is 5.75 Å². The van der Waals surface area contributed by atoms with Gasteiger partial charge in [-0.05, 0) is 54.4 Å². The van der Waals surface area contributed by atoms with Crippen molar-refractivity contribution < 1.29 is 88.2 Å². The fourth-order valence-corrected chi connectivity index (χ4v) is 7.40. The Morgan fingerprint density at radius 1 is 0.481 bits per heavy atom. The second kappa shape index (κ2) is 33.8. The Bertz CT molecular complexity index is 2430. The number of phenols is 1. The van der Waals surface area contributed by atoms with Gasteiger partial charge in [0.15, 0.2) is 0 Å². The highest BCUT2D eigenvalue weighted by atomic mass is 16.4. The lowest BCUT2D eigenvalue weighted by Gasteiger charge is -2.27. The smallest absolute Gasteiger partial charge is 0.326 e. The number of carbonyl (C=O) groups is 12. The molecule has 2 aromatic rings. The summed E-state index contributed by atoms with van der Waals surface area (Å²) in [5, 5.41) is 79.2. The lowest BCUT2D eigenvalue weighted by atomic mass is 10.0. The summed E-state index contributed by atoms with van der Waals surface area (Å²) in [6.45, 7) is 3.07. The molecule has 29 heteroatoms. The normalized spacial score (nSPS) is 14.5. The van der Waals surface area contributed by atoms with Crippen LogP contribution in [0.25, 0.3) is 0 Å². The molecule has 10 amide bonds. The number of nitrogens with two attached hydrogens (primary N) is 2. The summed E-state index contributed by atoms with van der Waals surface area (Å²) >= 11 is 0. The molecule has 0 radical (unpaired) electrons. The number of hydrogen-bond acceptors (Lipinski definition) is 17. The molecule has 0 bridgehead atoms. The van der Waals surface area contributed by atoms with Crippen LogP contribution in [0.2, 0.25) is 0 Å². The number of aliphatic hydroxyl groups excluding tert-OH is 3. The van der Waals surface area contributed by atoms with E-state index in [9.17, 15) is 88.2 Å². The van der Waals surface area contributed by atoms with Crippen LogP contribution < -0.4 is 59.3 Å². The molecule has 0 aliphatic heterocycles. The highest BCUT2D eigenvalue weighted by molar-refractivity contribution is 5.99. The molecule has 9 atom stereocenters. The Morgan fingerprint density at radius 2 is 0.899 bits per heavy atom. The molecule has 19 N–H and O–H groups in total. The summed E-state index contributed by atoms with van der Waals surface area (Å²) in [4.78, 5) is 157. The van der Waals surface area contributed by atoms with Crippen molar-refractivity contribution in [1.82, 2.24) is 47.9 Å². The zero-order valence-electron chi connectivity index (χ0n) is 44.1. The second-order valence-corrected chi connectivity index (χ2v) is 19.2. The molecule has 29 nitrogen and oxygen atoms in total. The first kappa shape index (κ1) is 66.8. The Morgan fingerprint density at radius 3 is 1.39 bits per heavy atom. The van der Waals surface area contributed by atoms with Crippen LogP contribution in [0, 0.1) is 11.8 Å². The van der Waals surface area contributed by atoms with Crippen LogP contribution in [0.1, 0.15) is 70.9 Å². The molecule has 0 aliphatic carbocycles. The molecule has 0 aromatic heterocycles. The van der Waals surface area contributed by atoms with Crippen LogP contribution in [0.3, 0.4) is 0 Å². The number of nitrogens with one attached hydrogen (secondary N) is 9. The lowest BCUT2D eigenvalue weighted by molar-refractivity contribution is -0.143. The Hall–Kier alpha value is -8.28. The standard InChI is InChI=1S/C50H73N11O18/c1-25(2)16-32(43(71)53-21-40(67)54-37(23-63)48(76)60-36(50(78)79)17-26(3)4)57-44(72)31(14-15-41(68)69)55-45(73)34(19-28-10-12-29(65)13-11-28)58-49(77)38(24-64)61-47(75)35(20-39(52)66)59-46(74)33(56-42(70)30(51)22-62)18-27-8-6-5-7-9-27/h5-13,25-26,30-38,62-65H,14-24,51H2,1-4H3,(H2,52,66)(H,53,71)(H,54,67)(H,55,73)(H,56,70)(H,57,72)(H,58,77)(H,59,74)(H,60,76)(H,61,75)(H,68,69)(H,78,79). The van der Waals surface area contributed by atoms with Crippen molar-refractivity contribution in [3.8, 4) is 5.75 Å². The fourth-order valence-electron chi connectivity index (χ4n) is 7.40. The molecule has 0 fully saturated rings. The number of aromatic hydroxyl groups is 1. The Labute approximate surface area is 454 Å². The number of carbonyl (C=O) groups excluding carboxylic acids is 10. The number of hydrogen-bond donors (Lipinski definition) is 17. The Kier molecular flexibility index (Phi) is 28.6. The van der Waals surface area contributed by atoms with Gasteiger partial charge >= 0.3 is 11.9 Å². The number of benzene rings is 2. The van der Waals surface area contributed by atoms with Gasteiger partial charge in [0, 0.05) is 19.3 Å². The van der Waals surface area contributed by atoms with Crippen molar-refractivity contribution in [2.24, 2.45) is 23.3 Å². The number of carboxylic acids is 2. The molecule has 0 aliphatic rings. The molecule has 0 heterocycles. The molecule has 436 valence electrons. The monoisotopic (exact) mass is 1120 g/mol. The summed E-state index contributed by atoms with van der Waals surface area (Å²) in [5.41, 5.74) is 11.8. The number of aliphatic carboxylic acids is 2. The summed E-state index contributed by atoms with van der Waals surface area (Å²) in [6.07, 6.45) is -2.83. The number of carboxylic acid groups (broad SMARTS) is 2. The highest BCUT2D eigenvalue weighted by Crippen LogP contribution is 2.14. The molecule has 0 saturated carbocycles. The Balaban J connectivity index is 2.38. The van der Waals surface area contributed by atoms with E-state index >= 15 is 0 Å². The van der Waals surface area contributed by atoms with E-state index in [2.05, 4.69) is 47.9 Å². The van der Waals surface area contributed by atoms with Gasteiger partial charge in [-0.25, -0.2) is 4.79 Å². The van der Waals surface area contributed by atoms with Crippen molar-refractivity contribution in [2.75, 3.05) is 26.4 Å². The molecule has 2 rings (SSSR count). The van der Waals surface area contributed by atoms with Crippen LogP contribution in [0.4, 0.5) is 0 Å². The van der Waals surface area contributed by atoms with Crippen LogP contribution >= 0.6 is 0 Å². The molecule has 0 saturated heterocycles. The first-order valence-electron chi connectivity index (χ1n) is 25.0. The van der Waals surface area contributed by atoms with E-state index in [1.165, 1.54) is 24.3 Å². The number of phenolic OH excluding ortho intramolecular Hbond substituents is 1. The molecular weight excluding hydrogens is 1040 g/mol. The minimum Gasteiger partial charge on any atom is -0.508 e. The van der Waals surface area contributed by atoms with E-state index in [0.717, 1.165) is 0 Å². The van der Waals surface area contributed by atoms with Crippen molar-refractivity contribution in [3.05, 3.63) is 65.7 Å². The SMILES string of the molecule is CC(C)CC(NC(=O)C(CO)NC(=O)CNC(=O)C(CC(C)C)NC(=O)C(CCC(=O)O)NC(=O)C(Cc1ccc(O)cc1)NC(=O)C(CO)NC(=O)C(CC(N)=O)NC(=O)C(Cc1ccccc1)NC(=O)C(N)CO)C(=O)O. The van der Waals surface area contributed by atoms with Gasteiger partial charge in [-0.15, -0.1) is 0 Å². The van der Waals surface area contributed by atoms with Gasteiger partial charge in [-0.3, -0.25) is 52.7 Å². The first-order chi connectivity index (χ1) is 37.2. The topological polar surface area (TPSA) is 487 Å². The van der Waals surface area contributed by atoms with Gasteiger partial charge in [-0.2, -0.15) is 0 Å². The zero-order valence-corrected chi connectivity index (χ0v) is 44.1. The third kappa shape index (κ3) is 24.7. The van der Waals surface area contributed by atoms with E-state index in [-0.39, 0.29) is 42.4 Å². The summed E-state index contributed by atoms with van der Waals surface area (Å²) < 4.78 is 0. The number of primary amides is 1. The second-order valence-electron chi connectivity index (χ2n) is 19.2. The van der Waals surface area contributed by atoms with Crippen molar-refractivity contribution in [1.29, 1.82) is 0 Å². The van der Waals surface area contributed by atoms with Crippen molar-refractivity contribution in [3.63, 3.8) is 0 Å². The van der Waals surface area contributed by atoms with Gasteiger partial charge in [0.1, 0.15) is 60.1 Å². The lowest BCUT2D eigenvalue weighted by Crippen LogP contribution is -2.61. The maximum atomic E-state index is 14.2. The molecule has 2 aromatic carbocycles.